The maximum Gasteiger partial charge on any atom is 0.243 e. The molecule has 0 saturated carbocycles. The lowest BCUT2D eigenvalue weighted by Crippen LogP contribution is -2.48. The van der Waals surface area contributed by atoms with Crippen molar-refractivity contribution in [2.45, 2.75) is 32.2 Å². The Hall–Kier alpha value is -1.02. The molecule has 1 aliphatic heterocycles. The molecule has 1 aromatic carbocycles. The van der Waals surface area contributed by atoms with Gasteiger partial charge in [-0.05, 0) is 70.4 Å². The lowest BCUT2D eigenvalue weighted by Gasteiger charge is -2.30. The van der Waals surface area contributed by atoms with Gasteiger partial charge in [0, 0.05) is 11.6 Å². The maximum absolute atomic E-state index is 12.6. The Morgan fingerprint density at radius 2 is 1.96 bits per heavy atom. The summed E-state index contributed by atoms with van der Waals surface area (Å²) in [6.07, 6.45) is 4.18. The number of nitrogens with one attached hydrogen (secondary N) is 1. The van der Waals surface area contributed by atoms with Crippen molar-refractivity contribution in [2.24, 2.45) is 5.92 Å². The zero-order valence-corrected chi connectivity index (χ0v) is 18.2. The first-order valence-electron chi connectivity index (χ1n) is 9.00. The molecule has 1 saturated heterocycles. The van der Waals surface area contributed by atoms with Gasteiger partial charge in [0.15, 0.2) is 0 Å². The number of amides is 1. The molecule has 1 atom stereocenters. The molecule has 1 N–H and O–H groups in total. The second kappa shape index (κ2) is 9.45. The number of piperidine rings is 1. The first-order valence-corrected chi connectivity index (χ1v) is 11.6. The Morgan fingerprint density at radius 1 is 1.33 bits per heavy atom. The van der Waals surface area contributed by atoms with Crippen LogP contribution in [0.5, 0.6) is 0 Å². The summed E-state index contributed by atoms with van der Waals surface area (Å²) < 4.78 is 25.7. The number of carbonyl (C=O) groups is 1. The van der Waals surface area contributed by atoms with Crippen LogP contribution in [0.2, 0.25) is 10.0 Å². The van der Waals surface area contributed by atoms with Gasteiger partial charge < -0.3 is 10.2 Å². The van der Waals surface area contributed by atoms with Crippen LogP contribution in [0, 0.1) is 5.92 Å². The van der Waals surface area contributed by atoms with Crippen LogP contribution in [0.3, 0.4) is 0 Å². The lowest BCUT2D eigenvalue weighted by molar-refractivity contribution is -0.121. The first kappa shape index (κ1) is 22.3. The van der Waals surface area contributed by atoms with E-state index in [0.717, 1.165) is 42.9 Å². The number of hydrogen-bond acceptors (Lipinski definition) is 4. The van der Waals surface area contributed by atoms with Gasteiger partial charge in [0.1, 0.15) is 6.04 Å². The number of halogens is 2. The molecule has 0 radical (unpaired) electrons. The number of likely N-dealkylation sites (tertiary alicyclic amines) is 1. The van der Waals surface area contributed by atoms with Crippen LogP contribution in [0.15, 0.2) is 18.2 Å². The quantitative estimate of drug-likeness (QED) is 0.714. The highest BCUT2D eigenvalue weighted by molar-refractivity contribution is 7.92. The van der Waals surface area contributed by atoms with E-state index in [1.54, 1.807) is 13.0 Å². The van der Waals surface area contributed by atoms with Gasteiger partial charge in [-0.1, -0.05) is 23.2 Å². The van der Waals surface area contributed by atoms with Gasteiger partial charge in [-0.2, -0.15) is 0 Å². The van der Waals surface area contributed by atoms with Crippen molar-refractivity contribution in [3.8, 4) is 0 Å². The van der Waals surface area contributed by atoms with Crippen LogP contribution in [0.4, 0.5) is 5.69 Å². The molecular formula is C18H27Cl2N3O3S. The van der Waals surface area contributed by atoms with Gasteiger partial charge in [0.2, 0.25) is 15.9 Å². The SMILES string of the molecule is C[C@H](C(=O)NCCC1CCN(C)CC1)N(c1cc(Cl)ccc1Cl)S(C)(=O)=O. The number of hydrogen-bond donors (Lipinski definition) is 1. The monoisotopic (exact) mass is 435 g/mol. The molecule has 0 aromatic heterocycles. The van der Waals surface area contributed by atoms with E-state index in [9.17, 15) is 13.2 Å². The molecule has 9 heteroatoms. The minimum absolute atomic E-state index is 0.199. The minimum atomic E-state index is -3.73. The summed E-state index contributed by atoms with van der Waals surface area (Å²) in [5, 5.41) is 3.43. The molecule has 1 fully saturated rings. The van der Waals surface area contributed by atoms with Gasteiger partial charge >= 0.3 is 0 Å². The van der Waals surface area contributed by atoms with Crippen molar-refractivity contribution in [3.63, 3.8) is 0 Å². The molecule has 0 bridgehead atoms. The van der Waals surface area contributed by atoms with Gasteiger partial charge in [0.25, 0.3) is 0 Å². The molecule has 0 spiro atoms. The summed E-state index contributed by atoms with van der Waals surface area (Å²) in [6.45, 7) is 4.22. The molecule has 0 aliphatic carbocycles. The second-order valence-corrected chi connectivity index (χ2v) is 9.86. The highest BCUT2D eigenvalue weighted by atomic mass is 35.5. The zero-order valence-electron chi connectivity index (χ0n) is 15.9. The Bertz CT molecular complexity index is 765. The summed E-state index contributed by atoms with van der Waals surface area (Å²) in [4.78, 5) is 14.9. The first-order chi connectivity index (χ1) is 12.6. The number of benzene rings is 1. The van der Waals surface area contributed by atoms with Gasteiger partial charge in [-0.15, -0.1) is 0 Å². The summed E-state index contributed by atoms with van der Waals surface area (Å²) in [6, 6.07) is 3.60. The van der Waals surface area contributed by atoms with Crippen LogP contribution in [0.25, 0.3) is 0 Å². The highest BCUT2D eigenvalue weighted by Gasteiger charge is 2.30. The van der Waals surface area contributed by atoms with E-state index in [0.29, 0.717) is 17.5 Å². The van der Waals surface area contributed by atoms with Gasteiger partial charge in [-0.3, -0.25) is 9.10 Å². The van der Waals surface area contributed by atoms with Crippen LogP contribution in [-0.2, 0) is 14.8 Å². The van der Waals surface area contributed by atoms with E-state index in [2.05, 4.69) is 17.3 Å². The minimum Gasteiger partial charge on any atom is -0.354 e. The van der Waals surface area contributed by atoms with Gasteiger partial charge in [-0.25, -0.2) is 8.42 Å². The number of sulfonamides is 1. The Balaban J connectivity index is 2.03. The third-order valence-corrected chi connectivity index (χ3v) is 6.71. The summed E-state index contributed by atoms with van der Waals surface area (Å²) in [5.41, 5.74) is 0.199. The summed E-state index contributed by atoms with van der Waals surface area (Å²) >= 11 is 12.2. The van der Waals surface area contributed by atoms with E-state index in [1.807, 2.05) is 0 Å². The van der Waals surface area contributed by atoms with E-state index >= 15 is 0 Å². The van der Waals surface area contributed by atoms with Crippen LogP contribution < -0.4 is 9.62 Å². The van der Waals surface area contributed by atoms with Crippen molar-refractivity contribution in [3.05, 3.63) is 28.2 Å². The molecule has 1 heterocycles. The fourth-order valence-corrected chi connectivity index (χ4v) is 4.94. The van der Waals surface area contributed by atoms with Crippen LogP contribution in [0.1, 0.15) is 26.2 Å². The highest BCUT2D eigenvalue weighted by Crippen LogP contribution is 2.32. The number of rotatable bonds is 7. The third-order valence-electron chi connectivity index (χ3n) is 4.92. The molecule has 27 heavy (non-hydrogen) atoms. The number of nitrogens with zero attached hydrogens (tertiary/aromatic N) is 2. The topological polar surface area (TPSA) is 69.7 Å². The molecule has 152 valence electrons. The van der Waals surface area contributed by atoms with E-state index in [-0.39, 0.29) is 16.6 Å². The molecule has 0 unspecified atom stereocenters. The number of carbonyl (C=O) groups excluding carboxylic acids is 1. The smallest absolute Gasteiger partial charge is 0.243 e. The predicted molar refractivity (Wildman–Crippen MR) is 111 cm³/mol. The molecule has 6 nitrogen and oxygen atoms in total. The lowest BCUT2D eigenvalue weighted by atomic mass is 9.94. The normalized spacial score (nSPS) is 17.5. The van der Waals surface area contributed by atoms with E-state index < -0.39 is 16.1 Å². The fraction of sp³-hybridized carbons (Fsp3) is 0.611. The molecule has 1 amide bonds. The average Bonchev–Trinajstić information content (AvgIpc) is 2.58. The zero-order chi connectivity index (χ0) is 20.2. The second-order valence-electron chi connectivity index (χ2n) is 7.16. The number of anilines is 1. The molecular weight excluding hydrogens is 409 g/mol. The Morgan fingerprint density at radius 3 is 2.56 bits per heavy atom. The molecule has 1 aliphatic rings. The Labute approximate surface area is 171 Å². The van der Waals surface area contributed by atoms with Crippen molar-refractivity contribution >= 4 is 44.8 Å². The average molecular weight is 436 g/mol. The van der Waals surface area contributed by atoms with Crippen molar-refractivity contribution in [1.29, 1.82) is 0 Å². The maximum atomic E-state index is 12.6. The largest absolute Gasteiger partial charge is 0.354 e. The van der Waals surface area contributed by atoms with Gasteiger partial charge in [0.05, 0.1) is 17.0 Å². The van der Waals surface area contributed by atoms with Crippen molar-refractivity contribution in [2.75, 3.05) is 37.2 Å². The summed E-state index contributed by atoms with van der Waals surface area (Å²) in [5.74, 6) is 0.231. The fourth-order valence-electron chi connectivity index (χ4n) is 3.33. The van der Waals surface area contributed by atoms with Crippen LogP contribution >= 0.6 is 23.2 Å². The standard InChI is InChI=1S/C18H27Cl2N3O3S/c1-13(18(24)21-9-6-14-7-10-22(2)11-8-14)23(27(3,25)26)17-12-15(19)4-5-16(17)20/h4-5,12-14H,6-11H2,1-3H3,(H,21,24)/t13-/m1/s1. The van der Waals surface area contributed by atoms with E-state index in [1.165, 1.54) is 12.1 Å². The molecule has 2 rings (SSSR count). The van der Waals surface area contributed by atoms with Crippen molar-refractivity contribution < 1.29 is 13.2 Å². The van der Waals surface area contributed by atoms with Crippen molar-refractivity contribution in [1.82, 2.24) is 10.2 Å². The molecule has 1 aromatic rings. The summed E-state index contributed by atoms with van der Waals surface area (Å²) in [7, 11) is -1.62. The van der Waals surface area contributed by atoms with Crippen LogP contribution in [-0.4, -0.2) is 58.2 Å². The Kier molecular flexibility index (Phi) is 7.80. The predicted octanol–water partition coefficient (Wildman–Crippen LogP) is 3.00. The van der Waals surface area contributed by atoms with E-state index in [4.69, 9.17) is 23.2 Å². The third kappa shape index (κ3) is 6.24.